The van der Waals surface area contributed by atoms with E-state index < -0.39 is 0 Å². The Morgan fingerprint density at radius 2 is 1.40 bits per heavy atom. The Morgan fingerprint density at radius 3 is 2.07 bits per heavy atom. The molecule has 1 aliphatic carbocycles. The van der Waals surface area contributed by atoms with Crippen molar-refractivity contribution in [3.05, 3.63) is 107 Å². The first-order chi connectivity index (χ1) is 14.7. The maximum Gasteiger partial charge on any atom is 0.123 e. The van der Waals surface area contributed by atoms with Crippen LogP contribution in [0.3, 0.4) is 0 Å². The minimum Gasteiger partial charge on any atom is -0.207 e. The number of benzene rings is 3. The van der Waals surface area contributed by atoms with E-state index in [2.05, 4.69) is 61.5 Å². The van der Waals surface area contributed by atoms with Crippen LogP contribution in [0.5, 0.6) is 0 Å². The minimum atomic E-state index is -0.139. The van der Waals surface area contributed by atoms with Crippen molar-refractivity contribution in [2.24, 2.45) is 5.92 Å². The highest BCUT2D eigenvalue weighted by atomic mass is 19.1. The molecule has 1 unspecified atom stereocenters. The first kappa shape index (κ1) is 20.8. The SMILES string of the molecule is CC(Cc1ccc(C2CCC(CCc3ccc(F)cc3)CC2)cc1)c1ccccc1. The zero-order chi connectivity index (χ0) is 20.8. The van der Waals surface area contributed by atoms with Gasteiger partial charge in [0.1, 0.15) is 5.82 Å². The Kier molecular flexibility index (Phi) is 7.00. The van der Waals surface area contributed by atoms with Crippen LogP contribution in [-0.2, 0) is 12.8 Å². The normalized spacial score (nSPS) is 20.1. The smallest absolute Gasteiger partial charge is 0.123 e. The molecular weight excluding hydrogens is 367 g/mol. The molecule has 0 saturated heterocycles. The van der Waals surface area contributed by atoms with Crippen LogP contribution in [-0.4, -0.2) is 0 Å². The van der Waals surface area contributed by atoms with Crippen molar-refractivity contribution in [2.45, 2.75) is 63.7 Å². The predicted octanol–water partition coefficient (Wildman–Crippen LogP) is 8.08. The van der Waals surface area contributed by atoms with Gasteiger partial charge in [0.25, 0.3) is 0 Å². The van der Waals surface area contributed by atoms with E-state index in [0.29, 0.717) is 11.8 Å². The molecule has 0 N–H and O–H groups in total. The van der Waals surface area contributed by atoms with Gasteiger partial charge in [0.15, 0.2) is 0 Å². The summed E-state index contributed by atoms with van der Waals surface area (Å²) in [5.41, 5.74) is 5.63. The molecule has 0 amide bonds. The quantitative estimate of drug-likeness (QED) is 0.376. The molecule has 156 valence electrons. The van der Waals surface area contributed by atoms with Crippen molar-refractivity contribution in [2.75, 3.05) is 0 Å². The fraction of sp³-hybridized carbons (Fsp3) is 0.379. The molecular formula is C29H33F. The lowest BCUT2D eigenvalue weighted by atomic mass is 9.76. The third kappa shape index (κ3) is 5.59. The Hall–Kier alpha value is -2.41. The van der Waals surface area contributed by atoms with E-state index in [1.807, 2.05) is 12.1 Å². The second-order valence-corrected chi connectivity index (χ2v) is 9.14. The van der Waals surface area contributed by atoms with Crippen LogP contribution in [0.25, 0.3) is 0 Å². The van der Waals surface area contributed by atoms with Gasteiger partial charge in [0.2, 0.25) is 0 Å². The third-order valence-corrected chi connectivity index (χ3v) is 6.96. The van der Waals surface area contributed by atoms with Crippen molar-refractivity contribution in [1.82, 2.24) is 0 Å². The second-order valence-electron chi connectivity index (χ2n) is 9.14. The van der Waals surface area contributed by atoms with Crippen LogP contribution >= 0.6 is 0 Å². The maximum absolute atomic E-state index is 13.1. The molecule has 3 aromatic rings. The molecule has 1 atom stereocenters. The molecule has 1 aliphatic rings. The zero-order valence-corrected chi connectivity index (χ0v) is 18.1. The lowest BCUT2D eigenvalue weighted by Gasteiger charge is -2.29. The van der Waals surface area contributed by atoms with Gasteiger partial charge in [-0.25, -0.2) is 4.39 Å². The number of hydrogen-bond acceptors (Lipinski definition) is 0. The summed E-state index contributed by atoms with van der Waals surface area (Å²) in [4.78, 5) is 0. The largest absolute Gasteiger partial charge is 0.207 e. The van der Waals surface area contributed by atoms with E-state index in [1.165, 1.54) is 54.4 Å². The van der Waals surface area contributed by atoms with Crippen LogP contribution in [0, 0.1) is 11.7 Å². The molecule has 4 rings (SSSR count). The number of hydrogen-bond donors (Lipinski definition) is 0. The van der Waals surface area contributed by atoms with Gasteiger partial charge in [-0.2, -0.15) is 0 Å². The van der Waals surface area contributed by atoms with E-state index in [0.717, 1.165) is 18.8 Å². The van der Waals surface area contributed by atoms with Crippen molar-refractivity contribution < 1.29 is 4.39 Å². The Labute approximate surface area is 181 Å². The van der Waals surface area contributed by atoms with Crippen molar-refractivity contribution in [1.29, 1.82) is 0 Å². The fourth-order valence-corrected chi connectivity index (χ4v) is 4.99. The van der Waals surface area contributed by atoms with Crippen LogP contribution < -0.4 is 0 Å². The standard InChI is InChI=1S/C29H33F/c1-22(26-5-3-2-4-6-26)21-25-11-17-28(18-12-25)27-15-9-23(10-16-27)7-8-24-13-19-29(30)20-14-24/h2-6,11-14,17-20,22-23,27H,7-10,15-16,21H2,1H3. The van der Waals surface area contributed by atoms with E-state index in [-0.39, 0.29) is 5.82 Å². The zero-order valence-electron chi connectivity index (χ0n) is 18.1. The van der Waals surface area contributed by atoms with E-state index >= 15 is 0 Å². The van der Waals surface area contributed by atoms with Gasteiger partial charge in [0, 0.05) is 0 Å². The van der Waals surface area contributed by atoms with Crippen molar-refractivity contribution in [3.63, 3.8) is 0 Å². The molecule has 0 spiro atoms. The average molecular weight is 401 g/mol. The number of aryl methyl sites for hydroxylation is 1. The first-order valence-electron chi connectivity index (χ1n) is 11.6. The molecule has 0 nitrogen and oxygen atoms in total. The van der Waals surface area contributed by atoms with Gasteiger partial charge >= 0.3 is 0 Å². The van der Waals surface area contributed by atoms with Crippen LogP contribution in [0.2, 0.25) is 0 Å². The van der Waals surface area contributed by atoms with Crippen LogP contribution in [0.15, 0.2) is 78.9 Å². The van der Waals surface area contributed by atoms with Gasteiger partial charge in [-0.1, -0.05) is 73.7 Å². The van der Waals surface area contributed by atoms with E-state index in [9.17, 15) is 4.39 Å². The molecule has 1 heteroatoms. The highest BCUT2D eigenvalue weighted by molar-refractivity contribution is 5.28. The predicted molar refractivity (Wildman–Crippen MR) is 124 cm³/mol. The summed E-state index contributed by atoms with van der Waals surface area (Å²) in [7, 11) is 0. The summed E-state index contributed by atoms with van der Waals surface area (Å²) in [6.07, 6.45) is 8.64. The molecule has 3 aromatic carbocycles. The second kappa shape index (κ2) is 10.1. The Bertz CT molecular complexity index is 887. The summed E-state index contributed by atoms with van der Waals surface area (Å²) in [6, 6.07) is 27.3. The summed E-state index contributed by atoms with van der Waals surface area (Å²) < 4.78 is 13.1. The highest BCUT2D eigenvalue weighted by Gasteiger charge is 2.22. The summed E-state index contributed by atoms with van der Waals surface area (Å²) >= 11 is 0. The van der Waals surface area contributed by atoms with E-state index in [4.69, 9.17) is 0 Å². The number of rotatable bonds is 7. The first-order valence-corrected chi connectivity index (χ1v) is 11.6. The molecule has 1 fully saturated rings. The van der Waals surface area contributed by atoms with Gasteiger partial charge in [0.05, 0.1) is 0 Å². The molecule has 0 radical (unpaired) electrons. The van der Waals surface area contributed by atoms with E-state index in [1.54, 1.807) is 12.1 Å². The molecule has 30 heavy (non-hydrogen) atoms. The van der Waals surface area contributed by atoms with Crippen LogP contribution in [0.4, 0.5) is 4.39 Å². The van der Waals surface area contributed by atoms with Gasteiger partial charge in [-0.3, -0.25) is 0 Å². The summed E-state index contributed by atoms with van der Waals surface area (Å²) in [5, 5.41) is 0. The number of halogens is 1. The third-order valence-electron chi connectivity index (χ3n) is 6.96. The Balaban J connectivity index is 1.25. The van der Waals surface area contributed by atoms with Crippen LogP contribution in [0.1, 0.15) is 73.1 Å². The molecule has 0 aromatic heterocycles. The lowest BCUT2D eigenvalue weighted by molar-refractivity contribution is 0.310. The highest BCUT2D eigenvalue weighted by Crippen LogP contribution is 2.37. The topological polar surface area (TPSA) is 0 Å². The summed E-state index contributed by atoms with van der Waals surface area (Å²) in [5.74, 6) is 1.94. The molecule has 0 bridgehead atoms. The average Bonchev–Trinajstić information content (AvgIpc) is 2.80. The van der Waals surface area contributed by atoms with Gasteiger partial charge in [-0.05, 0) is 97.1 Å². The van der Waals surface area contributed by atoms with Gasteiger partial charge in [-0.15, -0.1) is 0 Å². The maximum atomic E-state index is 13.1. The van der Waals surface area contributed by atoms with Crippen molar-refractivity contribution in [3.8, 4) is 0 Å². The summed E-state index contributed by atoms with van der Waals surface area (Å²) in [6.45, 7) is 2.32. The molecule has 0 heterocycles. The fourth-order valence-electron chi connectivity index (χ4n) is 4.99. The monoisotopic (exact) mass is 400 g/mol. The minimum absolute atomic E-state index is 0.139. The lowest BCUT2D eigenvalue weighted by Crippen LogP contribution is -2.14. The van der Waals surface area contributed by atoms with Gasteiger partial charge < -0.3 is 0 Å². The van der Waals surface area contributed by atoms with Crippen molar-refractivity contribution >= 4 is 0 Å². The molecule has 1 saturated carbocycles. The Morgan fingerprint density at radius 1 is 0.767 bits per heavy atom. The molecule has 0 aliphatic heterocycles.